The molecule has 2 fully saturated rings. The van der Waals surface area contributed by atoms with Crippen LogP contribution in [0.1, 0.15) is 113 Å². The van der Waals surface area contributed by atoms with E-state index in [1.807, 2.05) is 13.8 Å². The Balaban J connectivity index is 1.63. The van der Waals surface area contributed by atoms with Gasteiger partial charge in [0.1, 0.15) is 24.2 Å². The van der Waals surface area contributed by atoms with Crippen molar-refractivity contribution in [3.8, 4) is 0 Å². The van der Waals surface area contributed by atoms with Gasteiger partial charge < -0.3 is 16.0 Å². The van der Waals surface area contributed by atoms with Crippen molar-refractivity contribution in [2.75, 3.05) is 18.5 Å². The monoisotopic (exact) mass is 599 g/mol. The Hall–Kier alpha value is -3.30. The Bertz CT molecular complexity index is 1220. The summed E-state index contributed by atoms with van der Waals surface area (Å²) in [5.41, 5.74) is 0.790. The molecule has 8 nitrogen and oxygen atoms in total. The maximum absolute atomic E-state index is 15.4. The lowest BCUT2D eigenvalue weighted by atomic mass is 9.66. The number of carbonyl (C=O) groups is 3. The van der Waals surface area contributed by atoms with Crippen molar-refractivity contribution in [3.05, 3.63) is 47.5 Å². The van der Waals surface area contributed by atoms with Gasteiger partial charge in [0.2, 0.25) is 11.8 Å². The van der Waals surface area contributed by atoms with Crippen LogP contribution in [0.25, 0.3) is 0 Å². The highest BCUT2D eigenvalue weighted by Crippen LogP contribution is 2.42. The first-order chi connectivity index (χ1) is 20.7. The van der Waals surface area contributed by atoms with Crippen molar-refractivity contribution < 1.29 is 23.2 Å². The fourth-order valence-corrected chi connectivity index (χ4v) is 7.01. The molecule has 1 aromatic carbocycles. The largest absolute Gasteiger partial charge is 0.353 e. The molecule has 0 aliphatic heterocycles. The second-order valence-electron chi connectivity index (χ2n) is 12.5. The van der Waals surface area contributed by atoms with Gasteiger partial charge in [0.15, 0.2) is 0 Å². The van der Waals surface area contributed by atoms with Crippen molar-refractivity contribution in [2.45, 2.75) is 103 Å². The average Bonchev–Trinajstić information content (AvgIpc) is 3.52. The molecule has 2 aliphatic rings. The molecule has 2 saturated carbocycles. The number of hydrogen-bond donors (Lipinski definition) is 3. The van der Waals surface area contributed by atoms with Crippen LogP contribution < -0.4 is 16.0 Å². The van der Waals surface area contributed by atoms with E-state index in [1.165, 1.54) is 25.0 Å². The molecule has 2 aromatic rings. The molecular formula is C33H47F2N5O3. The van der Waals surface area contributed by atoms with E-state index in [-0.39, 0.29) is 30.1 Å². The topological polar surface area (TPSA) is 105 Å². The van der Waals surface area contributed by atoms with Crippen LogP contribution >= 0.6 is 0 Å². The van der Waals surface area contributed by atoms with E-state index in [1.54, 1.807) is 29.9 Å². The van der Waals surface area contributed by atoms with Crippen molar-refractivity contribution >= 4 is 23.4 Å². The molecule has 10 heteroatoms. The number of nitrogens with one attached hydrogen (secondary N) is 3. The van der Waals surface area contributed by atoms with Gasteiger partial charge in [-0.05, 0) is 62.3 Å². The van der Waals surface area contributed by atoms with E-state index in [9.17, 15) is 18.8 Å². The van der Waals surface area contributed by atoms with E-state index < -0.39 is 36.3 Å². The van der Waals surface area contributed by atoms with E-state index in [2.05, 4.69) is 21.0 Å². The molecule has 0 unspecified atom stereocenters. The first-order valence-electron chi connectivity index (χ1n) is 16.0. The summed E-state index contributed by atoms with van der Waals surface area (Å²) in [4.78, 5) is 40.1. The minimum Gasteiger partial charge on any atom is -0.353 e. The van der Waals surface area contributed by atoms with Crippen molar-refractivity contribution in [2.24, 2.45) is 17.8 Å². The van der Waals surface area contributed by atoms with Gasteiger partial charge in [-0.2, -0.15) is 5.10 Å². The summed E-state index contributed by atoms with van der Waals surface area (Å²) >= 11 is 0. The predicted molar refractivity (Wildman–Crippen MR) is 163 cm³/mol. The lowest BCUT2D eigenvalue weighted by Gasteiger charge is -2.42. The summed E-state index contributed by atoms with van der Waals surface area (Å²) in [5, 5.41) is 12.7. The molecule has 0 saturated heterocycles. The van der Waals surface area contributed by atoms with Crippen LogP contribution in [0.2, 0.25) is 0 Å². The molecular weight excluding hydrogens is 552 g/mol. The quantitative estimate of drug-likeness (QED) is 0.266. The zero-order valence-corrected chi connectivity index (χ0v) is 25.7. The highest BCUT2D eigenvalue weighted by atomic mass is 19.1. The third kappa shape index (κ3) is 8.21. The average molecular weight is 600 g/mol. The Morgan fingerprint density at radius 1 is 0.930 bits per heavy atom. The molecule has 0 spiro atoms. The van der Waals surface area contributed by atoms with Crippen LogP contribution in [0, 0.1) is 23.6 Å². The highest BCUT2D eigenvalue weighted by Gasteiger charge is 2.41. The number of amides is 3. The number of nitrogens with zero attached hydrogens (tertiary/aromatic N) is 2. The lowest BCUT2D eigenvalue weighted by Crippen LogP contribution is -2.53. The molecule has 2 atom stereocenters. The predicted octanol–water partition coefficient (Wildman–Crippen LogP) is 6.31. The number of anilines is 1. The maximum atomic E-state index is 15.4. The summed E-state index contributed by atoms with van der Waals surface area (Å²) < 4.78 is 29.5. The molecule has 2 aliphatic carbocycles. The molecule has 0 radical (unpaired) electrons. The molecule has 1 heterocycles. The number of benzene rings is 1. The van der Waals surface area contributed by atoms with Gasteiger partial charge >= 0.3 is 0 Å². The maximum Gasteiger partial charge on any atom is 0.270 e. The normalized spacial score (nSPS) is 17.9. The zero-order valence-electron chi connectivity index (χ0n) is 25.7. The van der Waals surface area contributed by atoms with Crippen LogP contribution in [0.15, 0.2) is 30.5 Å². The molecule has 3 amide bonds. The lowest BCUT2D eigenvalue weighted by molar-refractivity contribution is -0.122. The number of halogens is 2. The second kappa shape index (κ2) is 15.4. The second-order valence-corrected chi connectivity index (χ2v) is 12.5. The van der Waals surface area contributed by atoms with E-state index in [0.29, 0.717) is 23.1 Å². The van der Waals surface area contributed by atoms with Crippen LogP contribution in [-0.4, -0.2) is 46.8 Å². The number of alkyl halides is 1. The molecule has 1 aromatic heterocycles. The van der Waals surface area contributed by atoms with Crippen LogP contribution in [0.4, 0.5) is 14.5 Å². The number of rotatable bonds is 12. The van der Waals surface area contributed by atoms with Crippen LogP contribution in [-0.2, 0) is 9.59 Å². The summed E-state index contributed by atoms with van der Waals surface area (Å²) in [7, 11) is 0. The minimum atomic E-state index is -0.848. The molecule has 4 rings (SSSR count). The van der Waals surface area contributed by atoms with Crippen molar-refractivity contribution in [1.82, 2.24) is 20.4 Å². The summed E-state index contributed by atoms with van der Waals surface area (Å²) in [5.74, 6) is -2.06. The first-order valence-corrected chi connectivity index (χ1v) is 16.0. The Kier molecular flexibility index (Phi) is 11.7. The van der Waals surface area contributed by atoms with Crippen LogP contribution in [0.5, 0.6) is 0 Å². The smallest absolute Gasteiger partial charge is 0.270 e. The summed E-state index contributed by atoms with van der Waals surface area (Å²) in [6, 6.07) is 5.04. The molecule has 0 bridgehead atoms. The van der Waals surface area contributed by atoms with Gasteiger partial charge in [0.25, 0.3) is 5.91 Å². The summed E-state index contributed by atoms with van der Waals surface area (Å²) in [6.07, 6.45) is 12.4. The third-order valence-electron chi connectivity index (χ3n) is 9.27. The molecule has 3 N–H and O–H groups in total. The van der Waals surface area contributed by atoms with Crippen molar-refractivity contribution in [3.63, 3.8) is 0 Å². The van der Waals surface area contributed by atoms with Gasteiger partial charge in [-0.25, -0.2) is 8.78 Å². The first kappa shape index (κ1) is 32.6. The van der Waals surface area contributed by atoms with E-state index in [0.717, 1.165) is 51.4 Å². The Morgan fingerprint density at radius 2 is 1.56 bits per heavy atom. The van der Waals surface area contributed by atoms with Gasteiger partial charge in [-0.3, -0.25) is 19.1 Å². The highest BCUT2D eigenvalue weighted by molar-refractivity contribution is 6.01. The minimum absolute atomic E-state index is 0.0115. The Labute approximate surface area is 253 Å². The standard InChI is InChI=1S/C33H47F2N5O3/c1-21(2)40-28(16-18-37-40)32(42)39-30(29(23-10-6-4-7-11-23)24-12-8-5-9-13-24)33(43)38-27-15-14-25(20-26(27)35)22(3)31(41)36-19-17-34/h14-16,18,20-24,29-30H,4-13,17,19H2,1-3H3,(H,36,41)(H,38,43)(H,39,42)/t22-,30-/m0/s1. The van der Waals surface area contributed by atoms with Gasteiger partial charge in [-0.1, -0.05) is 70.3 Å². The molecule has 43 heavy (non-hydrogen) atoms. The number of carbonyl (C=O) groups excluding carboxylic acids is 3. The summed E-state index contributed by atoms with van der Waals surface area (Å²) in [6.45, 7) is 4.72. The van der Waals surface area contributed by atoms with Crippen molar-refractivity contribution in [1.29, 1.82) is 0 Å². The SMILES string of the molecule is CC(C)n1nccc1C(=O)N[C@H](C(=O)Nc1ccc([C@H](C)C(=O)NCCF)cc1F)C(C1CCCCC1)C1CCCCC1. The van der Waals surface area contributed by atoms with E-state index in [4.69, 9.17) is 0 Å². The van der Waals surface area contributed by atoms with Gasteiger partial charge in [0, 0.05) is 18.8 Å². The van der Waals surface area contributed by atoms with Crippen LogP contribution in [0.3, 0.4) is 0 Å². The Morgan fingerprint density at radius 3 is 2.12 bits per heavy atom. The number of aromatic nitrogens is 2. The van der Waals surface area contributed by atoms with Gasteiger partial charge in [-0.15, -0.1) is 0 Å². The third-order valence-corrected chi connectivity index (χ3v) is 9.27. The van der Waals surface area contributed by atoms with E-state index >= 15 is 4.39 Å². The zero-order chi connectivity index (χ0) is 30.9. The molecule has 236 valence electrons. The number of hydrogen-bond acceptors (Lipinski definition) is 4. The van der Waals surface area contributed by atoms with Gasteiger partial charge in [0.05, 0.1) is 11.6 Å². The fourth-order valence-electron chi connectivity index (χ4n) is 7.01. The fraction of sp³-hybridized carbons (Fsp3) is 0.636.